The fourth-order valence-corrected chi connectivity index (χ4v) is 1.39. The number of benzene rings is 1. The zero-order chi connectivity index (χ0) is 13.9. The smallest absolute Gasteiger partial charge is 0.257 e. The molecule has 0 aliphatic carbocycles. The van der Waals surface area contributed by atoms with Gasteiger partial charge in [-0.1, -0.05) is 12.1 Å². The molecule has 1 N–H and O–H groups in total. The first-order chi connectivity index (χ1) is 9.26. The lowest BCUT2D eigenvalue weighted by Crippen LogP contribution is -2.29. The van der Waals surface area contributed by atoms with Crippen molar-refractivity contribution in [2.45, 2.75) is 19.3 Å². The highest BCUT2D eigenvalue weighted by Gasteiger charge is 2.02. The van der Waals surface area contributed by atoms with Crippen molar-refractivity contribution >= 4 is 5.91 Å². The van der Waals surface area contributed by atoms with Crippen LogP contribution >= 0.6 is 0 Å². The lowest BCUT2D eigenvalue weighted by Gasteiger charge is -2.07. The number of amides is 1. The Morgan fingerprint density at radius 3 is 2.58 bits per heavy atom. The van der Waals surface area contributed by atoms with Gasteiger partial charge in [0.05, 0.1) is 18.6 Å². The normalized spacial score (nSPS) is 9.16. The maximum atomic E-state index is 11.4. The minimum absolute atomic E-state index is 0.0514. The van der Waals surface area contributed by atoms with E-state index in [4.69, 9.17) is 15.3 Å². The Labute approximate surface area is 112 Å². The second-order valence-electron chi connectivity index (χ2n) is 3.88. The van der Waals surface area contributed by atoms with Crippen molar-refractivity contribution in [3.63, 3.8) is 0 Å². The zero-order valence-electron chi connectivity index (χ0n) is 10.6. The van der Waals surface area contributed by atoms with Crippen LogP contribution in [0.1, 0.15) is 18.4 Å². The molecule has 0 aliphatic rings. The number of hydrogen-bond acceptors (Lipinski definition) is 4. The maximum Gasteiger partial charge on any atom is 0.257 e. The summed E-state index contributed by atoms with van der Waals surface area (Å²) in [6, 6.07) is 11.1. The Morgan fingerprint density at radius 1 is 1.21 bits per heavy atom. The summed E-state index contributed by atoms with van der Waals surface area (Å²) in [5.41, 5.74) is 0.913. The first-order valence-electron chi connectivity index (χ1n) is 5.98. The summed E-state index contributed by atoms with van der Waals surface area (Å²) in [5, 5.41) is 19.5. The Morgan fingerprint density at radius 2 is 1.95 bits per heavy atom. The second-order valence-corrected chi connectivity index (χ2v) is 3.88. The number of rotatable bonds is 7. The molecule has 0 atom stereocenters. The van der Waals surface area contributed by atoms with Crippen molar-refractivity contribution in [1.82, 2.24) is 5.32 Å². The molecule has 0 saturated carbocycles. The fraction of sp³-hybridized carbons (Fsp3) is 0.357. The summed E-state index contributed by atoms with van der Waals surface area (Å²) in [7, 11) is 0. The van der Waals surface area contributed by atoms with Crippen LogP contribution < -0.4 is 10.1 Å². The van der Waals surface area contributed by atoms with Gasteiger partial charge in [0.2, 0.25) is 0 Å². The highest BCUT2D eigenvalue weighted by atomic mass is 16.5. The van der Waals surface area contributed by atoms with Crippen LogP contribution in [0, 0.1) is 22.7 Å². The van der Waals surface area contributed by atoms with Crippen molar-refractivity contribution in [2.24, 2.45) is 0 Å². The van der Waals surface area contributed by atoms with E-state index < -0.39 is 0 Å². The van der Waals surface area contributed by atoms with E-state index in [0.29, 0.717) is 31.6 Å². The van der Waals surface area contributed by atoms with E-state index in [2.05, 4.69) is 11.4 Å². The molecule has 0 aliphatic heterocycles. The van der Waals surface area contributed by atoms with Crippen LogP contribution in [-0.2, 0) is 11.2 Å². The van der Waals surface area contributed by atoms with Crippen LogP contribution in [0.5, 0.6) is 5.75 Å². The molecule has 0 unspecified atom stereocenters. The van der Waals surface area contributed by atoms with Gasteiger partial charge < -0.3 is 10.1 Å². The number of nitrogens with zero attached hydrogens (tertiary/aromatic N) is 2. The van der Waals surface area contributed by atoms with Crippen molar-refractivity contribution < 1.29 is 9.53 Å². The van der Waals surface area contributed by atoms with Crippen LogP contribution in [0.2, 0.25) is 0 Å². The lowest BCUT2D eigenvalue weighted by atomic mass is 10.2. The Hall–Kier alpha value is -2.53. The van der Waals surface area contributed by atoms with Crippen LogP contribution in [0.25, 0.3) is 0 Å². The number of ether oxygens (including phenoxy) is 1. The monoisotopic (exact) mass is 257 g/mol. The quantitative estimate of drug-likeness (QED) is 0.751. The Balaban J connectivity index is 2.26. The van der Waals surface area contributed by atoms with E-state index in [1.807, 2.05) is 6.07 Å². The van der Waals surface area contributed by atoms with E-state index in [9.17, 15) is 4.79 Å². The van der Waals surface area contributed by atoms with E-state index >= 15 is 0 Å². The second kappa shape index (κ2) is 8.54. The number of nitriles is 2. The van der Waals surface area contributed by atoms with Crippen molar-refractivity contribution in [2.75, 3.05) is 13.2 Å². The lowest BCUT2D eigenvalue weighted by molar-refractivity contribution is -0.123. The van der Waals surface area contributed by atoms with Gasteiger partial charge in [-0.2, -0.15) is 10.5 Å². The van der Waals surface area contributed by atoms with Crippen LogP contribution in [-0.4, -0.2) is 19.1 Å². The van der Waals surface area contributed by atoms with Gasteiger partial charge in [0.15, 0.2) is 6.61 Å². The van der Waals surface area contributed by atoms with Gasteiger partial charge in [0.1, 0.15) is 5.75 Å². The Kier molecular flexibility index (Phi) is 6.53. The summed E-state index contributed by atoms with van der Waals surface area (Å²) in [6.45, 7) is 0.432. The summed E-state index contributed by atoms with van der Waals surface area (Å²) < 4.78 is 5.30. The minimum atomic E-state index is -0.209. The summed E-state index contributed by atoms with van der Waals surface area (Å²) in [6.07, 6.45) is 1.44. The predicted molar refractivity (Wildman–Crippen MR) is 69.1 cm³/mol. The molecule has 98 valence electrons. The summed E-state index contributed by atoms with van der Waals surface area (Å²) in [5.74, 6) is 0.382. The molecule has 0 aromatic heterocycles. The molecule has 5 nitrogen and oxygen atoms in total. The molecule has 5 heteroatoms. The standard InChI is InChI=1S/C14H15N3O2/c15-8-1-2-10-17-14(18)11-19-13-5-3-12(4-6-13)7-9-16/h3-6H,1-2,7,10-11H2,(H,17,18). The van der Waals surface area contributed by atoms with E-state index in [0.717, 1.165) is 5.56 Å². The average molecular weight is 257 g/mol. The molecule has 0 saturated heterocycles. The molecule has 0 bridgehead atoms. The maximum absolute atomic E-state index is 11.4. The third-order valence-electron chi connectivity index (χ3n) is 2.36. The van der Waals surface area contributed by atoms with Crippen LogP contribution in [0.3, 0.4) is 0 Å². The SMILES string of the molecule is N#CCCCNC(=O)COc1ccc(CC#N)cc1. The average Bonchev–Trinajstić information content (AvgIpc) is 2.43. The van der Waals surface area contributed by atoms with E-state index in [-0.39, 0.29) is 12.5 Å². The largest absolute Gasteiger partial charge is 0.484 e. The first-order valence-corrected chi connectivity index (χ1v) is 5.98. The van der Waals surface area contributed by atoms with Gasteiger partial charge in [-0.25, -0.2) is 0 Å². The molecule has 19 heavy (non-hydrogen) atoms. The summed E-state index contributed by atoms with van der Waals surface area (Å²) in [4.78, 5) is 11.4. The fourth-order valence-electron chi connectivity index (χ4n) is 1.39. The molecule has 1 amide bonds. The molecular weight excluding hydrogens is 242 g/mol. The van der Waals surface area contributed by atoms with Crippen molar-refractivity contribution in [3.8, 4) is 17.9 Å². The summed E-state index contributed by atoms with van der Waals surface area (Å²) >= 11 is 0. The molecule has 0 spiro atoms. The number of carbonyl (C=O) groups is 1. The van der Waals surface area contributed by atoms with E-state index in [1.165, 1.54) is 0 Å². The van der Waals surface area contributed by atoms with Gasteiger partial charge in [-0.3, -0.25) is 4.79 Å². The molecule has 0 fully saturated rings. The van der Waals surface area contributed by atoms with Crippen molar-refractivity contribution in [3.05, 3.63) is 29.8 Å². The van der Waals surface area contributed by atoms with Crippen LogP contribution in [0.15, 0.2) is 24.3 Å². The van der Waals surface area contributed by atoms with Gasteiger partial charge in [-0.05, 0) is 24.1 Å². The number of hydrogen-bond donors (Lipinski definition) is 1. The molecule has 1 aromatic rings. The van der Waals surface area contributed by atoms with Crippen molar-refractivity contribution in [1.29, 1.82) is 10.5 Å². The Bertz CT molecular complexity index is 483. The third-order valence-corrected chi connectivity index (χ3v) is 2.36. The number of nitrogens with one attached hydrogen (secondary N) is 1. The molecule has 0 radical (unpaired) electrons. The highest BCUT2D eigenvalue weighted by Crippen LogP contribution is 2.12. The highest BCUT2D eigenvalue weighted by molar-refractivity contribution is 5.77. The van der Waals surface area contributed by atoms with Gasteiger partial charge >= 0.3 is 0 Å². The van der Waals surface area contributed by atoms with Gasteiger partial charge in [0.25, 0.3) is 5.91 Å². The van der Waals surface area contributed by atoms with Gasteiger partial charge in [-0.15, -0.1) is 0 Å². The first kappa shape index (κ1) is 14.5. The van der Waals surface area contributed by atoms with E-state index in [1.54, 1.807) is 24.3 Å². The topological polar surface area (TPSA) is 85.9 Å². The molecule has 1 aromatic carbocycles. The van der Waals surface area contributed by atoms with Gasteiger partial charge in [0, 0.05) is 13.0 Å². The zero-order valence-corrected chi connectivity index (χ0v) is 10.6. The molecule has 0 heterocycles. The van der Waals surface area contributed by atoms with Crippen LogP contribution in [0.4, 0.5) is 0 Å². The molecule has 1 rings (SSSR count). The predicted octanol–water partition coefficient (Wildman–Crippen LogP) is 1.55. The third kappa shape index (κ3) is 6.09. The molecular formula is C14H15N3O2. The number of unbranched alkanes of at least 4 members (excludes halogenated alkanes) is 1. The minimum Gasteiger partial charge on any atom is -0.484 e. The number of carbonyl (C=O) groups excluding carboxylic acids is 1.